The number of rotatable bonds is 9. The first-order valence-corrected chi connectivity index (χ1v) is 19.7. The summed E-state index contributed by atoms with van der Waals surface area (Å²) in [5.74, 6) is 1.74. The minimum absolute atomic E-state index is 0.0807. The molecule has 0 N–H and O–H groups in total. The highest BCUT2D eigenvalue weighted by Crippen LogP contribution is 2.41. The summed E-state index contributed by atoms with van der Waals surface area (Å²) >= 11 is 3.62. The smallest absolute Gasteiger partial charge is 0.257 e. The quantitative estimate of drug-likeness (QED) is 0.139. The summed E-state index contributed by atoms with van der Waals surface area (Å²) in [6, 6.07) is 29.4. The molecule has 56 heavy (non-hydrogen) atoms. The van der Waals surface area contributed by atoms with Crippen molar-refractivity contribution in [3.63, 3.8) is 0 Å². The zero-order valence-electron chi connectivity index (χ0n) is 31.0. The van der Waals surface area contributed by atoms with Crippen molar-refractivity contribution in [2.75, 3.05) is 14.2 Å². The lowest BCUT2D eigenvalue weighted by atomic mass is 9.94. The molecule has 11 heteroatoms. The summed E-state index contributed by atoms with van der Waals surface area (Å²) in [5, 5.41) is 0.634. The number of nitrogens with zero attached hydrogens (tertiary/aromatic N) is 4. The van der Waals surface area contributed by atoms with E-state index in [1.165, 1.54) is 11.1 Å². The number of halogens is 1. The van der Waals surface area contributed by atoms with Crippen LogP contribution >= 0.6 is 15.9 Å². The van der Waals surface area contributed by atoms with Crippen molar-refractivity contribution in [2.45, 2.75) is 56.6 Å². The maximum absolute atomic E-state index is 13.8. The van der Waals surface area contributed by atoms with E-state index >= 15 is 0 Å². The fourth-order valence-corrected chi connectivity index (χ4v) is 8.38. The Morgan fingerprint density at radius 2 is 1.02 bits per heavy atom. The molecule has 0 spiro atoms. The van der Waals surface area contributed by atoms with Crippen molar-refractivity contribution >= 4 is 51.5 Å². The van der Waals surface area contributed by atoms with Crippen LogP contribution in [0.2, 0.25) is 0 Å². The Labute approximate surface area is 333 Å². The molecule has 282 valence electrons. The van der Waals surface area contributed by atoms with Crippen LogP contribution in [-0.2, 0) is 44.5 Å². The summed E-state index contributed by atoms with van der Waals surface area (Å²) in [6.45, 7) is 1.54. The Kier molecular flexibility index (Phi) is 9.54. The minimum atomic E-state index is -0.130. The maximum atomic E-state index is 13.8. The second kappa shape index (κ2) is 15.0. The Morgan fingerprint density at radius 1 is 0.589 bits per heavy atom. The second-order valence-electron chi connectivity index (χ2n) is 14.4. The number of carbonyl (C=O) groups is 2. The van der Waals surface area contributed by atoms with Gasteiger partial charge in [-0.25, -0.2) is 0 Å². The fraction of sp³-hybridized carbons (Fsp3) is 0.244. The lowest BCUT2D eigenvalue weighted by Crippen LogP contribution is -2.44. The molecule has 2 amide bonds. The van der Waals surface area contributed by atoms with Crippen molar-refractivity contribution in [1.82, 2.24) is 9.80 Å². The van der Waals surface area contributed by atoms with Gasteiger partial charge in [0, 0.05) is 43.0 Å². The van der Waals surface area contributed by atoms with Crippen LogP contribution in [0.5, 0.6) is 23.0 Å². The van der Waals surface area contributed by atoms with Crippen molar-refractivity contribution in [3.05, 3.63) is 141 Å². The van der Waals surface area contributed by atoms with E-state index in [1.807, 2.05) is 52.6 Å². The standard InChI is InChI=1S/C45H39BrN4O6/c1-53-40-16-36-38(47-21-34-14-30-7-3-5-9-32(30)23-49(34)44(36)51)18-42(40)55-25-28-11-27(20-46)12-29(13-28)26-56-43-19-39-37(17-41(43)54-2)45(52)50-24-33-10-6-4-8-31(33)15-35(50)22-48-39/h3-13,16-19,21-22,34-35H,14-15,20,23-26H2,1-2H3/t34-,35-/m0/s1. The van der Waals surface area contributed by atoms with Crippen molar-refractivity contribution in [1.29, 1.82) is 0 Å². The molecule has 0 saturated heterocycles. The zero-order chi connectivity index (χ0) is 38.3. The van der Waals surface area contributed by atoms with E-state index < -0.39 is 0 Å². The average molecular weight is 812 g/mol. The maximum Gasteiger partial charge on any atom is 0.257 e. The topological polar surface area (TPSA) is 102 Å². The molecular formula is C45H39BrN4O6. The lowest BCUT2D eigenvalue weighted by Gasteiger charge is -2.34. The largest absolute Gasteiger partial charge is 0.493 e. The molecule has 5 aromatic rings. The first-order chi connectivity index (χ1) is 27.4. The van der Waals surface area contributed by atoms with E-state index in [-0.39, 0.29) is 37.1 Å². The number of ether oxygens (including phenoxy) is 4. The van der Waals surface area contributed by atoms with Crippen LogP contribution in [0.15, 0.2) is 101 Å². The third-order valence-corrected chi connectivity index (χ3v) is 11.6. The predicted molar refractivity (Wildman–Crippen MR) is 218 cm³/mol. The molecule has 4 heterocycles. The SMILES string of the molecule is COc1cc2c(cc1OCc1cc(CBr)cc(COc3cc4c(cc3OC)C(=O)N3Cc5ccccc5C[C@H]3C=N4)c1)N=C[C@@H]1Cc3ccccc3CN1C2=O. The number of hydrogen-bond acceptors (Lipinski definition) is 8. The summed E-state index contributed by atoms with van der Waals surface area (Å²) < 4.78 is 24.2. The molecule has 0 aromatic heterocycles. The number of carbonyl (C=O) groups excluding carboxylic acids is 2. The third kappa shape index (κ3) is 6.70. The summed E-state index contributed by atoms with van der Waals surface area (Å²) in [4.78, 5) is 41.0. The van der Waals surface area contributed by atoms with Gasteiger partial charge in [-0.3, -0.25) is 19.6 Å². The summed E-state index contributed by atoms with van der Waals surface area (Å²) in [5.41, 5.74) is 9.75. The van der Waals surface area contributed by atoms with Gasteiger partial charge in [0.2, 0.25) is 0 Å². The van der Waals surface area contributed by atoms with Crippen LogP contribution < -0.4 is 18.9 Å². The second-order valence-corrected chi connectivity index (χ2v) is 15.0. The zero-order valence-corrected chi connectivity index (χ0v) is 32.6. The molecule has 2 atom stereocenters. The number of benzene rings is 5. The number of amides is 2. The lowest BCUT2D eigenvalue weighted by molar-refractivity contribution is 0.0696. The van der Waals surface area contributed by atoms with Gasteiger partial charge >= 0.3 is 0 Å². The molecule has 10 nitrogen and oxygen atoms in total. The van der Waals surface area contributed by atoms with Gasteiger partial charge in [0.05, 0.1) is 48.8 Å². The highest BCUT2D eigenvalue weighted by molar-refractivity contribution is 9.08. The van der Waals surface area contributed by atoms with Crippen molar-refractivity contribution in [3.8, 4) is 23.0 Å². The van der Waals surface area contributed by atoms with Crippen LogP contribution in [0.1, 0.15) is 59.7 Å². The van der Waals surface area contributed by atoms with E-state index in [4.69, 9.17) is 28.9 Å². The molecule has 4 aliphatic heterocycles. The fourth-order valence-electron chi connectivity index (χ4n) is 8.05. The molecule has 0 aliphatic carbocycles. The number of hydrogen-bond donors (Lipinski definition) is 0. The third-order valence-electron chi connectivity index (χ3n) is 11.0. The molecular weight excluding hydrogens is 772 g/mol. The Hall–Kier alpha value is -5.94. The van der Waals surface area contributed by atoms with Gasteiger partial charge < -0.3 is 28.7 Å². The monoisotopic (exact) mass is 810 g/mol. The van der Waals surface area contributed by atoms with E-state index in [0.29, 0.717) is 63.9 Å². The van der Waals surface area contributed by atoms with E-state index in [1.54, 1.807) is 38.5 Å². The predicted octanol–water partition coefficient (Wildman–Crippen LogP) is 8.32. The minimum Gasteiger partial charge on any atom is -0.493 e. The molecule has 0 bridgehead atoms. The molecule has 0 fully saturated rings. The highest BCUT2D eigenvalue weighted by Gasteiger charge is 2.35. The van der Waals surface area contributed by atoms with E-state index in [9.17, 15) is 9.59 Å². The van der Waals surface area contributed by atoms with Crippen LogP contribution in [0.4, 0.5) is 11.4 Å². The molecule has 4 aliphatic rings. The van der Waals surface area contributed by atoms with Gasteiger partial charge in [-0.05, 0) is 70.0 Å². The number of aliphatic imine (C=N–C) groups is 2. The normalized spacial score (nSPS) is 17.7. The molecule has 0 radical (unpaired) electrons. The molecule has 0 unspecified atom stereocenters. The summed E-state index contributed by atoms with van der Waals surface area (Å²) in [7, 11) is 3.14. The van der Waals surface area contributed by atoms with Crippen LogP contribution in [0.25, 0.3) is 0 Å². The van der Waals surface area contributed by atoms with E-state index in [0.717, 1.165) is 40.7 Å². The van der Waals surface area contributed by atoms with Gasteiger partial charge in [-0.1, -0.05) is 76.6 Å². The van der Waals surface area contributed by atoms with Crippen LogP contribution in [0, 0.1) is 0 Å². The van der Waals surface area contributed by atoms with Gasteiger partial charge in [0.1, 0.15) is 13.2 Å². The Morgan fingerprint density at radius 3 is 1.45 bits per heavy atom. The first kappa shape index (κ1) is 35.7. The molecule has 9 rings (SSSR count). The van der Waals surface area contributed by atoms with Crippen molar-refractivity contribution < 1.29 is 28.5 Å². The Bertz CT molecular complexity index is 2280. The summed E-state index contributed by atoms with van der Waals surface area (Å²) in [6.07, 6.45) is 5.18. The van der Waals surface area contributed by atoms with Gasteiger partial charge in [-0.2, -0.15) is 0 Å². The van der Waals surface area contributed by atoms with Gasteiger partial charge in [0.15, 0.2) is 23.0 Å². The molecule has 5 aromatic carbocycles. The van der Waals surface area contributed by atoms with Crippen molar-refractivity contribution in [2.24, 2.45) is 9.98 Å². The van der Waals surface area contributed by atoms with Crippen LogP contribution in [0.3, 0.4) is 0 Å². The number of alkyl halides is 1. The van der Waals surface area contributed by atoms with Gasteiger partial charge in [0.25, 0.3) is 11.8 Å². The first-order valence-electron chi connectivity index (χ1n) is 18.6. The highest BCUT2D eigenvalue weighted by atomic mass is 79.9. The van der Waals surface area contributed by atoms with E-state index in [2.05, 4.69) is 52.3 Å². The number of fused-ring (bicyclic) bond motifs is 6. The average Bonchev–Trinajstić information content (AvgIpc) is 3.45. The molecule has 0 saturated carbocycles. The van der Waals surface area contributed by atoms with Gasteiger partial charge in [-0.15, -0.1) is 0 Å². The number of methoxy groups -OCH3 is 2. The Balaban J connectivity index is 0.925. The van der Waals surface area contributed by atoms with Crippen LogP contribution in [-0.4, -0.2) is 60.3 Å².